The van der Waals surface area contributed by atoms with Gasteiger partial charge in [0.05, 0.1) is 6.10 Å². The van der Waals surface area contributed by atoms with Crippen LogP contribution < -0.4 is 0 Å². The van der Waals surface area contributed by atoms with Crippen molar-refractivity contribution in [3.63, 3.8) is 0 Å². The number of aliphatic hydroxyl groups excluding tert-OH is 1. The number of hydrogen-bond acceptors (Lipinski definition) is 1. The molecule has 6 saturated carbocycles. The van der Waals surface area contributed by atoms with E-state index in [1.807, 2.05) is 0 Å². The Labute approximate surface area is 192 Å². The zero-order valence-corrected chi connectivity index (χ0v) is 21.7. The molecule has 0 aromatic heterocycles. The largest absolute Gasteiger partial charge is 0.393 e. The molecule has 6 aliphatic carbocycles. The van der Waals surface area contributed by atoms with Crippen LogP contribution in [0.25, 0.3) is 0 Å². The van der Waals surface area contributed by atoms with Gasteiger partial charge >= 0.3 is 0 Å². The van der Waals surface area contributed by atoms with Crippen LogP contribution in [0.3, 0.4) is 0 Å². The van der Waals surface area contributed by atoms with E-state index in [1.54, 1.807) is 6.42 Å². The van der Waals surface area contributed by atoms with Gasteiger partial charge in [0.25, 0.3) is 0 Å². The van der Waals surface area contributed by atoms with Crippen LogP contribution in [-0.2, 0) is 0 Å². The molecule has 31 heavy (non-hydrogen) atoms. The van der Waals surface area contributed by atoms with Crippen molar-refractivity contribution in [1.82, 2.24) is 0 Å². The number of hydrogen-bond donors (Lipinski definition) is 1. The standard InChI is InChI=1S/C30H50O/c1-19-8-12-26(5)16-17-30-18-29(30,24(26)20(19)2)15-10-22-27(6)13-11-23(31)25(3,4)21(27)9-14-28(22,30)7/h19-24,31H,8-18H2,1-7H3/t19-,20+,21+,22-,23+,24-,26-,27+,28-,29-,30-/m1/s1. The highest BCUT2D eigenvalue weighted by Gasteiger charge is 2.84. The molecule has 11 atom stereocenters. The molecule has 6 rings (SSSR count). The third kappa shape index (κ3) is 2.21. The molecule has 0 aromatic carbocycles. The monoisotopic (exact) mass is 426 g/mol. The first-order valence-electron chi connectivity index (χ1n) is 14.1. The molecular formula is C30H50O. The molecule has 1 heteroatoms. The van der Waals surface area contributed by atoms with Gasteiger partial charge in [-0.05, 0) is 133 Å². The van der Waals surface area contributed by atoms with E-state index in [-0.39, 0.29) is 11.5 Å². The molecule has 0 aromatic rings. The lowest BCUT2D eigenvalue weighted by Crippen LogP contribution is -2.64. The number of fused-ring (bicyclic) bond motifs is 4. The van der Waals surface area contributed by atoms with Crippen molar-refractivity contribution < 1.29 is 5.11 Å². The first-order valence-corrected chi connectivity index (χ1v) is 14.1. The molecule has 0 bridgehead atoms. The number of rotatable bonds is 0. The van der Waals surface area contributed by atoms with Gasteiger partial charge < -0.3 is 5.11 Å². The average Bonchev–Trinajstić information content (AvgIpc) is 3.39. The summed E-state index contributed by atoms with van der Waals surface area (Å²) in [6.45, 7) is 18.2. The van der Waals surface area contributed by atoms with E-state index in [0.717, 1.165) is 30.1 Å². The predicted octanol–water partition coefficient (Wildman–Crippen LogP) is 7.86. The number of aliphatic hydroxyl groups is 1. The molecule has 6 fully saturated rings. The quantitative estimate of drug-likeness (QED) is 0.418. The third-order valence-electron chi connectivity index (χ3n) is 14.5. The van der Waals surface area contributed by atoms with Crippen LogP contribution >= 0.6 is 0 Å². The van der Waals surface area contributed by atoms with Crippen LogP contribution in [0.1, 0.15) is 119 Å². The van der Waals surface area contributed by atoms with E-state index in [1.165, 1.54) is 57.8 Å². The predicted molar refractivity (Wildman–Crippen MR) is 129 cm³/mol. The highest BCUT2D eigenvalue weighted by molar-refractivity contribution is 5.32. The molecular weight excluding hydrogens is 376 g/mol. The maximum absolute atomic E-state index is 10.9. The molecule has 1 N–H and O–H groups in total. The second-order valence-corrected chi connectivity index (χ2v) is 15.4. The molecule has 176 valence electrons. The van der Waals surface area contributed by atoms with Crippen molar-refractivity contribution in [2.75, 3.05) is 0 Å². The fourth-order valence-electron chi connectivity index (χ4n) is 12.8. The Morgan fingerprint density at radius 3 is 2.16 bits per heavy atom. The second-order valence-electron chi connectivity index (χ2n) is 15.4. The Balaban J connectivity index is 1.40. The van der Waals surface area contributed by atoms with Gasteiger partial charge in [0.1, 0.15) is 0 Å². The Morgan fingerprint density at radius 1 is 0.710 bits per heavy atom. The SMILES string of the molecule is C[C@H]1[C@H](C)CC[C@]2(C)CC[C@]34C[C@]3(CC[C@@H]3[C@@]5(C)CC[C@H](O)C(C)(C)[C@@H]5CC[C@]34C)[C@H]12. The van der Waals surface area contributed by atoms with Crippen molar-refractivity contribution in [1.29, 1.82) is 0 Å². The van der Waals surface area contributed by atoms with Gasteiger partial charge in [-0.25, -0.2) is 0 Å². The van der Waals surface area contributed by atoms with E-state index in [2.05, 4.69) is 48.5 Å². The van der Waals surface area contributed by atoms with Gasteiger partial charge in [-0.3, -0.25) is 0 Å². The second kappa shape index (κ2) is 5.95. The third-order valence-corrected chi connectivity index (χ3v) is 14.5. The molecule has 0 heterocycles. The van der Waals surface area contributed by atoms with Crippen LogP contribution in [0.2, 0.25) is 0 Å². The van der Waals surface area contributed by atoms with Crippen LogP contribution in [0, 0.1) is 62.1 Å². The summed E-state index contributed by atoms with van der Waals surface area (Å²) < 4.78 is 0. The van der Waals surface area contributed by atoms with Crippen LogP contribution in [0.15, 0.2) is 0 Å². The highest BCUT2D eigenvalue weighted by Crippen LogP contribution is 2.91. The minimum atomic E-state index is -0.100. The Bertz CT molecular complexity index is 785. The van der Waals surface area contributed by atoms with Gasteiger partial charge in [-0.1, -0.05) is 48.5 Å². The van der Waals surface area contributed by atoms with Crippen molar-refractivity contribution in [3.8, 4) is 0 Å². The van der Waals surface area contributed by atoms with Gasteiger partial charge in [-0.15, -0.1) is 0 Å². The summed E-state index contributed by atoms with van der Waals surface area (Å²) >= 11 is 0. The van der Waals surface area contributed by atoms with Crippen LogP contribution in [-0.4, -0.2) is 11.2 Å². The maximum atomic E-state index is 10.9. The van der Waals surface area contributed by atoms with Gasteiger partial charge in [0.2, 0.25) is 0 Å². The highest BCUT2D eigenvalue weighted by atomic mass is 16.3. The molecule has 0 unspecified atom stereocenters. The lowest BCUT2D eigenvalue weighted by molar-refractivity contribution is -0.223. The molecule has 0 spiro atoms. The first kappa shape index (κ1) is 21.5. The first-order chi connectivity index (χ1) is 14.4. The summed E-state index contributed by atoms with van der Waals surface area (Å²) in [5.41, 5.74) is 3.00. The zero-order chi connectivity index (χ0) is 22.2. The summed E-state index contributed by atoms with van der Waals surface area (Å²) in [6, 6.07) is 0. The smallest absolute Gasteiger partial charge is 0.0594 e. The van der Waals surface area contributed by atoms with Crippen molar-refractivity contribution in [3.05, 3.63) is 0 Å². The van der Waals surface area contributed by atoms with E-state index in [4.69, 9.17) is 0 Å². The summed E-state index contributed by atoms with van der Waals surface area (Å²) in [7, 11) is 0. The van der Waals surface area contributed by atoms with Gasteiger partial charge in [0.15, 0.2) is 0 Å². The van der Waals surface area contributed by atoms with Crippen LogP contribution in [0.4, 0.5) is 0 Å². The van der Waals surface area contributed by atoms with Crippen molar-refractivity contribution in [2.24, 2.45) is 62.1 Å². The van der Waals surface area contributed by atoms with Crippen molar-refractivity contribution in [2.45, 2.75) is 125 Å². The molecule has 0 saturated heterocycles. The summed E-state index contributed by atoms with van der Waals surface area (Å²) in [4.78, 5) is 0. The van der Waals surface area contributed by atoms with E-state index < -0.39 is 0 Å². The minimum absolute atomic E-state index is 0.0858. The molecule has 0 amide bonds. The Morgan fingerprint density at radius 2 is 1.42 bits per heavy atom. The normalized spacial score (nSPS) is 64.3. The van der Waals surface area contributed by atoms with E-state index >= 15 is 0 Å². The molecule has 0 aliphatic heterocycles. The van der Waals surface area contributed by atoms with Crippen molar-refractivity contribution >= 4 is 0 Å². The Hall–Kier alpha value is -0.0400. The fraction of sp³-hybridized carbons (Fsp3) is 1.00. The lowest BCUT2D eigenvalue weighted by Gasteiger charge is -2.70. The average molecular weight is 427 g/mol. The molecule has 6 aliphatic rings. The minimum Gasteiger partial charge on any atom is -0.393 e. The molecule has 1 nitrogen and oxygen atoms in total. The topological polar surface area (TPSA) is 20.2 Å². The maximum Gasteiger partial charge on any atom is 0.0594 e. The summed E-state index contributed by atoms with van der Waals surface area (Å²) in [6.07, 6.45) is 15.5. The van der Waals surface area contributed by atoms with Gasteiger partial charge in [0, 0.05) is 0 Å². The van der Waals surface area contributed by atoms with E-state index in [0.29, 0.717) is 33.0 Å². The Kier molecular flexibility index (Phi) is 4.13. The van der Waals surface area contributed by atoms with Gasteiger partial charge in [-0.2, -0.15) is 0 Å². The van der Waals surface area contributed by atoms with E-state index in [9.17, 15) is 5.11 Å². The lowest BCUT2D eigenvalue weighted by atomic mass is 9.35. The fourth-order valence-corrected chi connectivity index (χ4v) is 12.8. The van der Waals surface area contributed by atoms with Crippen LogP contribution in [0.5, 0.6) is 0 Å². The molecule has 0 radical (unpaired) electrons. The summed E-state index contributed by atoms with van der Waals surface area (Å²) in [5.74, 6) is 4.39. The zero-order valence-electron chi connectivity index (χ0n) is 21.7. The summed E-state index contributed by atoms with van der Waals surface area (Å²) in [5, 5.41) is 10.9.